The second-order valence-electron chi connectivity index (χ2n) is 6.47. The van der Waals surface area contributed by atoms with Crippen LogP contribution in [0.3, 0.4) is 0 Å². The van der Waals surface area contributed by atoms with Gasteiger partial charge in [-0.1, -0.05) is 26.2 Å². The van der Waals surface area contributed by atoms with Crippen molar-refractivity contribution >= 4 is 21.8 Å². The molecule has 3 N–H and O–H groups in total. The highest BCUT2D eigenvalue weighted by atomic mass is 32.2. The fourth-order valence-corrected chi connectivity index (χ4v) is 3.51. The van der Waals surface area contributed by atoms with Crippen molar-refractivity contribution in [3.63, 3.8) is 0 Å². The van der Waals surface area contributed by atoms with Crippen LogP contribution < -0.4 is 10.0 Å². The highest BCUT2D eigenvalue weighted by Gasteiger charge is 2.19. The maximum absolute atomic E-state index is 12.4. The van der Waals surface area contributed by atoms with E-state index in [1.807, 2.05) is 4.72 Å². The number of rotatable bonds is 10. The molecule has 0 spiro atoms. The lowest BCUT2D eigenvalue weighted by atomic mass is 10.2. The molecular weight excluding hydrogens is 394 g/mol. The van der Waals surface area contributed by atoms with Gasteiger partial charge in [-0.3, -0.25) is 14.6 Å². The second kappa shape index (κ2) is 10.7. The summed E-state index contributed by atoms with van der Waals surface area (Å²) in [6.45, 7) is 2.40. The Hall–Kier alpha value is -2.78. The van der Waals surface area contributed by atoms with Gasteiger partial charge in [0.2, 0.25) is 0 Å². The lowest BCUT2D eigenvalue weighted by Crippen LogP contribution is -2.30. The van der Waals surface area contributed by atoms with Crippen LogP contribution >= 0.6 is 0 Å². The van der Waals surface area contributed by atoms with E-state index in [0.29, 0.717) is 17.8 Å². The SMILES string of the molecule is CCCCCCNC(=O)c1ccc(S(=O)(=O)NC(=O)c2ccc(CO)nc2)cc1. The first-order valence-corrected chi connectivity index (χ1v) is 10.9. The van der Waals surface area contributed by atoms with Crippen molar-refractivity contribution in [1.82, 2.24) is 15.0 Å². The maximum Gasteiger partial charge on any atom is 0.266 e. The first-order chi connectivity index (χ1) is 13.9. The standard InChI is InChI=1S/C20H25N3O5S/c1-2-3-4-5-12-21-19(25)15-7-10-18(11-8-15)29(27,28)23-20(26)16-6-9-17(14-24)22-13-16/h6-11,13,24H,2-5,12,14H2,1H3,(H,21,25)(H,23,26). The van der Waals surface area contributed by atoms with Crippen LogP contribution in [0.15, 0.2) is 47.5 Å². The highest BCUT2D eigenvalue weighted by molar-refractivity contribution is 7.90. The van der Waals surface area contributed by atoms with E-state index >= 15 is 0 Å². The van der Waals surface area contributed by atoms with Gasteiger partial charge in [0.25, 0.3) is 21.8 Å². The molecule has 0 radical (unpaired) electrons. The number of aliphatic hydroxyl groups is 1. The number of hydrogen-bond acceptors (Lipinski definition) is 6. The summed E-state index contributed by atoms with van der Waals surface area (Å²) in [5.74, 6) is -1.11. The van der Waals surface area contributed by atoms with Gasteiger partial charge in [0, 0.05) is 18.3 Å². The van der Waals surface area contributed by atoms with Crippen LogP contribution in [-0.2, 0) is 16.6 Å². The molecule has 0 aliphatic carbocycles. The van der Waals surface area contributed by atoms with Crippen molar-refractivity contribution < 1.29 is 23.1 Å². The molecule has 0 saturated carbocycles. The average Bonchev–Trinajstić information content (AvgIpc) is 2.73. The molecule has 1 aromatic heterocycles. The molecule has 0 bridgehead atoms. The number of carbonyl (C=O) groups is 2. The van der Waals surface area contributed by atoms with Crippen LogP contribution in [0.25, 0.3) is 0 Å². The summed E-state index contributed by atoms with van der Waals surface area (Å²) in [5, 5.41) is 11.8. The number of pyridine rings is 1. The molecule has 1 aromatic carbocycles. The normalized spacial score (nSPS) is 11.1. The Morgan fingerprint density at radius 1 is 0.966 bits per heavy atom. The molecule has 1 heterocycles. The Balaban J connectivity index is 1.98. The molecule has 0 aliphatic rings. The average molecular weight is 420 g/mol. The first-order valence-electron chi connectivity index (χ1n) is 9.38. The summed E-state index contributed by atoms with van der Waals surface area (Å²) in [5.41, 5.74) is 0.753. The van der Waals surface area contributed by atoms with Crippen molar-refractivity contribution in [3.05, 3.63) is 59.4 Å². The third-order valence-corrected chi connectivity index (χ3v) is 5.57. The molecule has 2 aromatic rings. The highest BCUT2D eigenvalue weighted by Crippen LogP contribution is 2.12. The monoisotopic (exact) mass is 419 g/mol. The summed E-state index contributed by atoms with van der Waals surface area (Å²) >= 11 is 0. The molecule has 2 rings (SSSR count). The first kappa shape index (κ1) is 22.5. The molecule has 0 unspecified atom stereocenters. The number of hydrogen-bond donors (Lipinski definition) is 3. The molecular formula is C20H25N3O5S. The number of nitrogens with zero attached hydrogens (tertiary/aromatic N) is 1. The van der Waals surface area contributed by atoms with Crippen LogP contribution in [0.1, 0.15) is 59.0 Å². The van der Waals surface area contributed by atoms with Gasteiger partial charge in [0.15, 0.2) is 0 Å². The van der Waals surface area contributed by atoms with Crippen molar-refractivity contribution in [2.24, 2.45) is 0 Å². The van der Waals surface area contributed by atoms with E-state index in [4.69, 9.17) is 5.11 Å². The smallest absolute Gasteiger partial charge is 0.266 e. The van der Waals surface area contributed by atoms with E-state index in [0.717, 1.165) is 25.7 Å². The fourth-order valence-electron chi connectivity index (χ4n) is 2.53. The number of benzene rings is 1. The van der Waals surface area contributed by atoms with E-state index in [1.165, 1.54) is 42.6 Å². The fraction of sp³-hybridized carbons (Fsp3) is 0.350. The van der Waals surface area contributed by atoms with E-state index < -0.39 is 15.9 Å². The molecule has 156 valence electrons. The van der Waals surface area contributed by atoms with E-state index in [-0.39, 0.29) is 23.0 Å². The number of carbonyl (C=O) groups excluding carboxylic acids is 2. The molecule has 29 heavy (non-hydrogen) atoms. The molecule has 2 amide bonds. The van der Waals surface area contributed by atoms with Gasteiger partial charge in [-0.05, 0) is 42.8 Å². The molecule has 0 saturated heterocycles. The Kier molecular flexibility index (Phi) is 8.29. The number of amides is 2. The van der Waals surface area contributed by atoms with Crippen LogP contribution in [0, 0.1) is 0 Å². The van der Waals surface area contributed by atoms with E-state index in [1.54, 1.807) is 0 Å². The minimum Gasteiger partial charge on any atom is -0.390 e. The van der Waals surface area contributed by atoms with Crippen LogP contribution in [0.5, 0.6) is 0 Å². The second-order valence-corrected chi connectivity index (χ2v) is 8.15. The minimum atomic E-state index is -4.10. The van der Waals surface area contributed by atoms with Gasteiger partial charge in [0.05, 0.1) is 22.8 Å². The lowest BCUT2D eigenvalue weighted by molar-refractivity contribution is 0.0950. The summed E-state index contributed by atoms with van der Waals surface area (Å²) in [6.07, 6.45) is 5.36. The number of nitrogens with one attached hydrogen (secondary N) is 2. The lowest BCUT2D eigenvalue weighted by Gasteiger charge is -2.09. The van der Waals surface area contributed by atoms with Crippen molar-refractivity contribution in [2.45, 2.75) is 44.1 Å². The van der Waals surface area contributed by atoms with Gasteiger partial charge in [0.1, 0.15) is 0 Å². The zero-order chi connectivity index (χ0) is 21.3. The molecule has 9 heteroatoms. The summed E-state index contributed by atoms with van der Waals surface area (Å²) in [7, 11) is -4.10. The summed E-state index contributed by atoms with van der Waals surface area (Å²) in [6, 6.07) is 8.15. The maximum atomic E-state index is 12.4. The Labute approximate surface area is 170 Å². The third-order valence-electron chi connectivity index (χ3n) is 4.22. The zero-order valence-electron chi connectivity index (χ0n) is 16.2. The molecule has 0 fully saturated rings. The zero-order valence-corrected chi connectivity index (χ0v) is 17.0. The number of sulfonamides is 1. The van der Waals surface area contributed by atoms with Gasteiger partial charge < -0.3 is 10.4 Å². The molecule has 0 aliphatic heterocycles. The predicted octanol–water partition coefficient (Wildman–Crippen LogP) is 2.00. The Bertz CT molecular complexity index is 926. The minimum absolute atomic E-state index is 0.0462. The summed E-state index contributed by atoms with van der Waals surface area (Å²) in [4.78, 5) is 28.0. The van der Waals surface area contributed by atoms with Gasteiger partial charge in [-0.2, -0.15) is 0 Å². The Morgan fingerprint density at radius 3 is 2.24 bits per heavy atom. The predicted molar refractivity (Wildman–Crippen MR) is 108 cm³/mol. The number of unbranched alkanes of at least 4 members (excludes halogenated alkanes) is 3. The van der Waals surface area contributed by atoms with Crippen LogP contribution in [0.2, 0.25) is 0 Å². The van der Waals surface area contributed by atoms with E-state index in [2.05, 4.69) is 17.2 Å². The Morgan fingerprint density at radius 2 is 1.66 bits per heavy atom. The van der Waals surface area contributed by atoms with Crippen molar-refractivity contribution in [3.8, 4) is 0 Å². The largest absolute Gasteiger partial charge is 0.390 e. The van der Waals surface area contributed by atoms with Gasteiger partial charge >= 0.3 is 0 Å². The van der Waals surface area contributed by atoms with E-state index in [9.17, 15) is 18.0 Å². The molecule has 0 atom stereocenters. The van der Waals surface area contributed by atoms with Crippen LogP contribution in [0.4, 0.5) is 0 Å². The van der Waals surface area contributed by atoms with Crippen molar-refractivity contribution in [1.29, 1.82) is 0 Å². The van der Waals surface area contributed by atoms with Gasteiger partial charge in [-0.15, -0.1) is 0 Å². The van der Waals surface area contributed by atoms with Crippen LogP contribution in [-0.4, -0.2) is 36.9 Å². The number of aromatic nitrogens is 1. The third kappa shape index (κ3) is 6.65. The summed E-state index contributed by atoms with van der Waals surface area (Å²) < 4.78 is 26.8. The number of aliphatic hydroxyl groups excluding tert-OH is 1. The van der Waals surface area contributed by atoms with Gasteiger partial charge in [-0.25, -0.2) is 13.1 Å². The van der Waals surface area contributed by atoms with Crippen molar-refractivity contribution in [2.75, 3.05) is 6.54 Å². The quantitative estimate of drug-likeness (QED) is 0.506. The topological polar surface area (TPSA) is 125 Å². The molecule has 8 nitrogen and oxygen atoms in total.